The first kappa shape index (κ1) is 22.3. The van der Waals surface area contributed by atoms with E-state index in [2.05, 4.69) is 35.0 Å². The second-order valence-corrected chi connectivity index (χ2v) is 9.29. The number of benzene rings is 2. The smallest absolute Gasteiger partial charge is 0.229 e. The Labute approximate surface area is 199 Å². The molecule has 3 N–H and O–H groups in total. The highest BCUT2D eigenvalue weighted by molar-refractivity contribution is 5.91. The first-order chi connectivity index (χ1) is 16.6. The van der Waals surface area contributed by atoms with E-state index in [4.69, 9.17) is 5.10 Å². The molecule has 1 aliphatic carbocycles. The van der Waals surface area contributed by atoms with Crippen LogP contribution >= 0.6 is 0 Å². The van der Waals surface area contributed by atoms with Gasteiger partial charge in [-0.25, -0.2) is 4.68 Å². The summed E-state index contributed by atoms with van der Waals surface area (Å²) in [5, 5.41) is 14.2. The molecule has 2 unspecified atom stereocenters. The second kappa shape index (κ2) is 9.81. The number of hydrogen-bond donors (Lipinski definition) is 3. The molecule has 2 fully saturated rings. The average molecular weight is 458 g/mol. The molecule has 0 spiro atoms. The average Bonchev–Trinajstić information content (AvgIpc) is 3.60. The minimum atomic E-state index is -0.467. The Hall–Kier alpha value is -3.45. The Morgan fingerprint density at radius 1 is 1.09 bits per heavy atom. The van der Waals surface area contributed by atoms with Crippen LogP contribution in [0.15, 0.2) is 60.7 Å². The van der Waals surface area contributed by atoms with Gasteiger partial charge in [-0.1, -0.05) is 67.9 Å². The number of aromatic nitrogens is 2. The van der Waals surface area contributed by atoms with Crippen LogP contribution in [0, 0.1) is 0 Å². The lowest BCUT2D eigenvalue weighted by atomic mass is 10.0. The minimum Gasteiger partial charge on any atom is -0.322 e. The van der Waals surface area contributed by atoms with Crippen LogP contribution in [0.4, 0.5) is 5.82 Å². The van der Waals surface area contributed by atoms with Gasteiger partial charge in [-0.05, 0) is 36.0 Å². The van der Waals surface area contributed by atoms with Gasteiger partial charge < -0.3 is 10.6 Å². The van der Waals surface area contributed by atoms with Crippen LogP contribution in [-0.2, 0) is 16.0 Å². The maximum atomic E-state index is 12.9. The Kier molecular flexibility index (Phi) is 6.45. The van der Waals surface area contributed by atoms with E-state index in [0.29, 0.717) is 18.2 Å². The predicted molar refractivity (Wildman–Crippen MR) is 132 cm³/mol. The van der Waals surface area contributed by atoms with Gasteiger partial charge in [0, 0.05) is 24.4 Å². The van der Waals surface area contributed by atoms with E-state index in [1.807, 2.05) is 48.5 Å². The van der Waals surface area contributed by atoms with E-state index in [9.17, 15) is 9.59 Å². The predicted octanol–water partition coefficient (Wildman–Crippen LogP) is 4.34. The molecular formula is C27H31N5O2. The molecule has 7 nitrogen and oxygen atoms in total. The van der Waals surface area contributed by atoms with Gasteiger partial charge in [-0.2, -0.15) is 5.10 Å². The van der Waals surface area contributed by atoms with Crippen molar-refractivity contribution < 1.29 is 9.59 Å². The lowest BCUT2D eigenvalue weighted by Gasteiger charge is -2.32. The second-order valence-electron chi connectivity index (χ2n) is 9.29. The summed E-state index contributed by atoms with van der Waals surface area (Å²) >= 11 is 0. The van der Waals surface area contributed by atoms with Gasteiger partial charge >= 0.3 is 0 Å². The van der Waals surface area contributed by atoms with E-state index in [-0.39, 0.29) is 24.3 Å². The fraction of sp³-hybridized carbons (Fsp3) is 0.370. The van der Waals surface area contributed by atoms with Crippen LogP contribution in [0.5, 0.6) is 0 Å². The van der Waals surface area contributed by atoms with Crippen LogP contribution in [0.25, 0.3) is 11.1 Å². The summed E-state index contributed by atoms with van der Waals surface area (Å²) in [6, 6.07) is 20.3. The van der Waals surface area contributed by atoms with Gasteiger partial charge in [-0.3, -0.25) is 14.9 Å². The van der Waals surface area contributed by atoms with Crippen LogP contribution < -0.4 is 16.0 Å². The third kappa shape index (κ3) is 5.20. The fourth-order valence-electron chi connectivity index (χ4n) is 4.52. The highest BCUT2D eigenvalue weighted by Gasteiger charge is 2.32. The molecular weight excluding hydrogens is 426 g/mol. The molecule has 2 aromatic carbocycles. The van der Waals surface area contributed by atoms with E-state index in [0.717, 1.165) is 48.1 Å². The molecule has 34 heavy (non-hydrogen) atoms. The zero-order valence-corrected chi connectivity index (χ0v) is 19.5. The highest BCUT2D eigenvalue weighted by atomic mass is 16.2. The van der Waals surface area contributed by atoms with Gasteiger partial charge in [0.15, 0.2) is 6.29 Å². The van der Waals surface area contributed by atoms with Crippen molar-refractivity contribution >= 4 is 17.6 Å². The van der Waals surface area contributed by atoms with Gasteiger partial charge in [0.2, 0.25) is 11.8 Å². The molecule has 5 rings (SSSR count). The Morgan fingerprint density at radius 2 is 1.82 bits per heavy atom. The zero-order valence-electron chi connectivity index (χ0n) is 19.5. The van der Waals surface area contributed by atoms with Gasteiger partial charge in [0.25, 0.3) is 0 Å². The topological polar surface area (TPSA) is 88.1 Å². The molecule has 2 atom stereocenters. The Bertz CT molecular complexity index is 1150. The lowest BCUT2D eigenvalue weighted by Crippen LogP contribution is -2.53. The molecule has 3 aromatic rings. The minimum absolute atomic E-state index is 0.00135. The molecule has 1 saturated heterocycles. The van der Waals surface area contributed by atoms with E-state index in [1.165, 1.54) is 0 Å². The molecule has 1 aromatic heterocycles. The van der Waals surface area contributed by atoms with E-state index in [1.54, 1.807) is 4.68 Å². The summed E-state index contributed by atoms with van der Waals surface area (Å²) in [5.74, 6) is 0.945. The van der Waals surface area contributed by atoms with Crippen molar-refractivity contribution in [2.75, 3.05) is 5.32 Å². The normalized spacial score (nSPS) is 20.1. The number of carbonyl (C=O) groups excluding carboxylic acids is 2. The van der Waals surface area contributed by atoms with Crippen molar-refractivity contribution in [3.05, 3.63) is 71.9 Å². The number of hydrogen-bond acceptors (Lipinski definition) is 4. The number of nitrogens with one attached hydrogen (secondary N) is 3. The number of nitrogens with zero attached hydrogens (tertiary/aromatic N) is 2. The van der Waals surface area contributed by atoms with Crippen molar-refractivity contribution in [2.45, 2.75) is 63.7 Å². The maximum Gasteiger partial charge on any atom is 0.229 e. The fourth-order valence-corrected chi connectivity index (χ4v) is 4.52. The van der Waals surface area contributed by atoms with Crippen LogP contribution in [0.1, 0.15) is 62.5 Å². The third-order valence-electron chi connectivity index (χ3n) is 6.45. The first-order valence-corrected chi connectivity index (χ1v) is 12.2. The van der Waals surface area contributed by atoms with Crippen LogP contribution in [0.2, 0.25) is 0 Å². The van der Waals surface area contributed by atoms with Crippen molar-refractivity contribution in [3.63, 3.8) is 0 Å². The summed E-state index contributed by atoms with van der Waals surface area (Å²) in [5.41, 5.74) is 4.19. The summed E-state index contributed by atoms with van der Waals surface area (Å²) in [6.45, 7) is 2.11. The number of carbonyl (C=O) groups is 2. The number of rotatable bonds is 8. The standard InChI is InChI=1S/C27H31N5O2/c1-2-6-22-16-26(34)30-27(28-22)32-24(17-23(31-32)21-13-14-21)29-25(33)15-18-9-11-20(12-10-18)19-7-4-3-5-8-19/h3-5,7-12,17,21-22,27-28H,2,6,13-16H2,1H3,(H,29,33)(H,30,34). The third-order valence-corrected chi connectivity index (χ3v) is 6.45. The van der Waals surface area contributed by atoms with Gasteiger partial charge in [0.05, 0.1) is 12.1 Å². The molecule has 7 heteroatoms. The quantitative estimate of drug-likeness (QED) is 0.469. The molecule has 1 saturated carbocycles. The summed E-state index contributed by atoms with van der Waals surface area (Å²) in [4.78, 5) is 25.2. The summed E-state index contributed by atoms with van der Waals surface area (Å²) < 4.78 is 1.73. The van der Waals surface area contributed by atoms with Gasteiger partial charge in [-0.15, -0.1) is 0 Å². The maximum absolute atomic E-state index is 12.9. The van der Waals surface area contributed by atoms with Crippen molar-refractivity contribution in [2.24, 2.45) is 0 Å². The first-order valence-electron chi connectivity index (χ1n) is 12.2. The summed E-state index contributed by atoms with van der Waals surface area (Å²) in [7, 11) is 0. The summed E-state index contributed by atoms with van der Waals surface area (Å²) in [6.07, 6.45) is 4.40. The van der Waals surface area contributed by atoms with Crippen LogP contribution in [0.3, 0.4) is 0 Å². The van der Waals surface area contributed by atoms with E-state index < -0.39 is 6.29 Å². The molecule has 2 aliphatic rings. The number of amides is 2. The SMILES string of the molecule is CCCC1CC(=O)NC(n2nc(C3CC3)cc2NC(=O)Cc2ccc(-c3ccccc3)cc2)N1. The molecule has 0 radical (unpaired) electrons. The van der Waals surface area contributed by atoms with Gasteiger partial charge in [0.1, 0.15) is 5.82 Å². The van der Waals surface area contributed by atoms with Crippen molar-refractivity contribution in [3.8, 4) is 11.1 Å². The Balaban J connectivity index is 1.30. The monoisotopic (exact) mass is 457 g/mol. The largest absolute Gasteiger partial charge is 0.322 e. The molecule has 0 bridgehead atoms. The van der Waals surface area contributed by atoms with Crippen molar-refractivity contribution in [1.29, 1.82) is 0 Å². The Morgan fingerprint density at radius 3 is 2.53 bits per heavy atom. The van der Waals surface area contributed by atoms with Crippen molar-refractivity contribution in [1.82, 2.24) is 20.4 Å². The van der Waals surface area contributed by atoms with Crippen LogP contribution in [-0.4, -0.2) is 27.6 Å². The molecule has 2 heterocycles. The number of anilines is 1. The zero-order chi connectivity index (χ0) is 23.5. The van der Waals surface area contributed by atoms with E-state index >= 15 is 0 Å². The highest BCUT2D eigenvalue weighted by Crippen LogP contribution is 2.40. The molecule has 1 aliphatic heterocycles. The lowest BCUT2D eigenvalue weighted by molar-refractivity contribution is -0.125. The molecule has 2 amide bonds. The molecule has 176 valence electrons.